The summed E-state index contributed by atoms with van der Waals surface area (Å²) in [4.78, 5) is 0. The predicted octanol–water partition coefficient (Wildman–Crippen LogP) is 8.06. The Hall–Kier alpha value is -0.720. The van der Waals surface area contributed by atoms with E-state index in [1.165, 1.54) is 109 Å². The molecule has 0 spiro atoms. The average Bonchev–Trinajstić information content (AvgIpc) is 2.56. The molecule has 0 rings (SSSR count). The molecule has 0 aromatic heterocycles. The van der Waals surface area contributed by atoms with E-state index in [9.17, 15) is 0 Å². The van der Waals surface area contributed by atoms with Gasteiger partial charge in [0.2, 0.25) is 0 Å². The number of nitrogens with two attached hydrogens (primary N) is 1. The van der Waals surface area contributed by atoms with E-state index in [1.807, 2.05) is 0 Å². The number of hydrogen-bond donors (Lipinski definition) is 1. The smallest absolute Gasteiger partial charge is 0.000744 e. The molecule has 0 bridgehead atoms. The van der Waals surface area contributed by atoms with E-state index in [4.69, 9.17) is 5.73 Å². The summed E-state index contributed by atoms with van der Waals surface area (Å²) in [5.41, 5.74) is 6.41. The number of rotatable bonds is 19. The minimum absolute atomic E-state index is 0.844. The van der Waals surface area contributed by atoms with Gasteiger partial charge in [0.15, 0.2) is 0 Å². The Bertz CT molecular complexity index is 280. The fourth-order valence-electron chi connectivity index (χ4n) is 3.13. The molecular formula is C23H45N. The van der Waals surface area contributed by atoms with E-state index in [0.29, 0.717) is 0 Å². The maximum Gasteiger partial charge on any atom is 0.000744 e. The lowest BCUT2D eigenvalue weighted by Crippen LogP contribution is -1.93. The molecule has 0 heterocycles. The van der Waals surface area contributed by atoms with Crippen molar-refractivity contribution in [2.75, 3.05) is 0 Å². The summed E-state index contributed by atoms with van der Waals surface area (Å²) >= 11 is 0. The minimum atomic E-state index is 0.844. The van der Waals surface area contributed by atoms with Gasteiger partial charge in [-0.1, -0.05) is 103 Å². The first-order valence-electron chi connectivity index (χ1n) is 10.9. The molecule has 0 atom stereocenters. The second-order valence-corrected chi connectivity index (χ2v) is 7.41. The molecule has 0 saturated heterocycles. The van der Waals surface area contributed by atoms with E-state index in [0.717, 1.165) is 12.1 Å². The Morgan fingerprint density at radius 3 is 1.42 bits per heavy atom. The van der Waals surface area contributed by atoms with Crippen LogP contribution in [-0.4, -0.2) is 0 Å². The monoisotopic (exact) mass is 335 g/mol. The zero-order chi connectivity index (χ0) is 17.7. The second-order valence-electron chi connectivity index (χ2n) is 7.41. The predicted molar refractivity (Wildman–Crippen MR) is 111 cm³/mol. The molecule has 0 aliphatic carbocycles. The summed E-state index contributed by atoms with van der Waals surface area (Å²) < 4.78 is 0. The van der Waals surface area contributed by atoms with Crippen molar-refractivity contribution in [1.82, 2.24) is 0 Å². The lowest BCUT2D eigenvalue weighted by Gasteiger charge is -2.02. The molecular weight excluding hydrogens is 290 g/mol. The van der Waals surface area contributed by atoms with Crippen LogP contribution in [0.15, 0.2) is 24.4 Å². The quantitative estimate of drug-likeness (QED) is 0.187. The Morgan fingerprint density at radius 2 is 1.00 bits per heavy atom. The molecule has 0 aromatic carbocycles. The minimum Gasteiger partial charge on any atom is -0.403 e. The van der Waals surface area contributed by atoms with Crippen molar-refractivity contribution in [3.63, 3.8) is 0 Å². The number of allylic oxidation sites excluding steroid dienone is 3. The highest BCUT2D eigenvalue weighted by atomic mass is 14.5. The van der Waals surface area contributed by atoms with Crippen LogP contribution in [-0.2, 0) is 0 Å². The third-order valence-corrected chi connectivity index (χ3v) is 4.76. The van der Waals surface area contributed by atoms with E-state index < -0.39 is 0 Å². The van der Waals surface area contributed by atoms with Gasteiger partial charge < -0.3 is 5.73 Å². The van der Waals surface area contributed by atoms with E-state index >= 15 is 0 Å². The van der Waals surface area contributed by atoms with Gasteiger partial charge >= 0.3 is 0 Å². The zero-order valence-corrected chi connectivity index (χ0v) is 16.7. The van der Waals surface area contributed by atoms with Gasteiger partial charge in [0, 0.05) is 5.70 Å². The summed E-state index contributed by atoms with van der Waals surface area (Å²) in [5, 5.41) is 0. The summed E-state index contributed by atoms with van der Waals surface area (Å²) in [7, 11) is 0. The first-order valence-corrected chi connectivity index (χ1v) is 10.9. The number of hydrogen-bond acceptors (Lipinski definition) is 1. The third-order valence-electron chi connectivity index (χ3n) is 4.76. The van der Waals surface area contributed by atoms with Gasteiger partial charge in [-0.25, -0.2) is 0 Å². The molecule has 24 heavy (non-hydrogen) atoms. The van der Waals surface area contributed by atoms with Crippen molar-refractivity contribution in [3.05, 3.63) is 24.4 Å². The lowest BCUT2D eigenvalue weighted by atomic mass is 10.1. The van der Waals surface area contributed by atoms with Crippen LogP contribution >= 0.6 is 0 Å². The van der Waals surface area contributed by atoms with Crippen molar-refractivity contribution in [2.45, 2.75) is 122 Å². The first kappa shape index (κ1) is 23.3. The molecule has 0 unspecified atom stereocenters. The summed E-state index contributed by atoms with van der Waals surface area (Å²) in [5.74, 6) is 0. The van der Waals surface area contributed by atoms with Gasteiger partial charge in [0.25, 0.3) is 0 Å². The summed E-state index contributed by atoms with van der Waals surface area (Å²) in [6.07, 6.45) is 29.2. The van der Waals surface area contributed by atoms with Crippen molar-refractivity contribution in [2.24, 2.45) is 5.73 Å². The van der Waals surface area contributed by atoms with Gasteiger partial charge in [0.05, 0.1) is 0 Å². The maximum atomic E-state index is 5.57. The fourth-order valence-corrected chi connectivity index (χ4v) is 3.13. The van der Waals surface area contributed by atoms with Crippen LogP contribution in [0.25, 0.3) is 0 Å². The van der Waals surface area contributed by atoms with Crippen molar-refractivity contribution >= 4 is 0 Å². The first-order chi connectivity index (χ1) is 11.8. The van der Waals surface area contributed by atoms with Gasteiger partial charge in [0.1, 0.15) is 0 Å². The number of unbranched alkanes of at least 4 members (excludes halogenated alkanes) is 15. The molecule has 0 aliphatic heterocycles. The van der Waals surface area contributed by atoms with Crippen molar-refractivity contribution in [3.8, 4) is 0 Å². The molecule has 0 aliphatic rings. The van der Waals surface area contributed by atoms with Crippen molar-refractivity contribution in [1.29, 1.82) is 0 Å². The van der Waals surface area contributed by atoms with Gasteiger partial charge in [-0.05, 0) is 38.5 Å². The van der Waals surface area contributed by atoms with Crippen LogP contribution in [0.3, 0.4) is 0 Å². The molecule has 2 N–H and O–H groups in total. The van der Waals surface area contributed by atoms with Crippen LogP contribution in [0.2, 0.25) is 0 Å². The Kier molecular flexibility index (Phi) is 19.7. The topological polar surface area (TPSA) is 26.0 Å². The van der Waals surface area contributed by atoms with Gasteiger partial charge in [-0.15, -0.1) is 0 Å². The highest BCUT2D eigenvalue weighted by Gasteiger charge is 1.93. The average molecular weight is 336 g/mol. The Labute approximate surface area is 153 Å². The van der Waals surface area contributed by atoms with Crippen LogP contribution < -0.4 is 5.73 Å². The standard InChI is InChI=1S/C23H45N/c1-3-4-5-6-7-8-9-10-11-12-13-14-15-16-17-18-19-20-21-22-23(2)24/h10-11H,2-9,12-22,24H2,1H3/b11-10-. The highest BCUT2D eigenvalue weighted by molar-refractivity contribution is 4.84. The van der Waals surface area contributed by atoms with Gasteiger partial charge in [-0.2, -0.15) is 0 Å². The summed E-state index contributed by atoms with van der Waals surface area (Å²) in [6, 6.07) is 0. The van der Waals surface area contributed by atoms with Crippen LogP contribution in [0.1, 0.15) is 122 Å². The molecule has 0 saturated carbocycles. The largest absolute Gasteiger partial charge is 0.403 e. The fraction of sp³-hybridized carbons (Fsp3) is 0.826. The van der Waals surface area contributed by atoms with E-state index in [2.05, 4.69) is 25.7 Å². The third kappa shape index (κ3) is 21.3. The van der Waals surface area contributed by atoms with Gasteiger partial charge in [-0.3, -0.25) is 0 Å². The van der Waals surface area contributed by atoms with E-state index in [1.54, 1.807) is 0 Å². The van der Waals surface area contributed by atoms with Crippen LogP contribution in [0.4, 0.5) is 0 Å². The van der Waals surface area contributed by atoms with Crippen LogP contribution in [0.5, 0.6) is 0 Å². The zero-order valence-electron chi connectivity index (χ0n) is 16.7. The Balaban J connectivity index is 3.06. The highest BCUT2D eigenvalue weighted by Crippen LogP contribution is 2.12. The molecule has 1 nitrogen and oxygen atoms in total. The van der Waals surface area contributed by atoms with Crippen molar-refractivity contribution < 1.29 is 0 Å². The molecule has 0 radical (unpaired) electrons. The van der Waals surface area contributed by atoms with Crippen LogP contribution in [0, 0.1) is 0 Å². The Morgan fingerprint density at radius 1 is 0.625 bits per heavy atom. The molecule has 142 valence electrons. The molecule has 0 amide bonds. The maximum absolute atomic E-state index is 5.57. The summed E-state index contributed by atoms with van der Waals surface area (Å²) in [6.45, 7) is 6.03. The molecule has 0 aromatic rings. The molecule has 0 fully saturated rings. The second kappa shape index (κ2) is 20.3. The SMILES string of the molecule is C=C(N)CCCCCCCCCCC/C=C\CCCCCCCC. The molecule has 1 heteroatoms. The van der Waals surface area contributed by atoms with E-state index in [-0.39, 0.29) is 0 Å². The normalized spacial score (nSPS) is 11.4. The lowest BCUT2D eigenvalue weighted by molar-refractivity contribution is 0.559.